The van der Waals surface area contributed by atoms with Crippen molar-refractivity contribution in [3.63, 3.8) is 0 Å². The first-order valence-electron chi connectivity index (χ1n) is 11.4. The van der Waals surface area contributed by atoms with Gasteiger partial charge in [-0.3, -0.25) is 9.69 Å². The molecule has 6 heteroatoms. The van der Waals surface area contributed by atoms with Gasteiger partial charge >= 0.3 is 0 Å². The van der Waals surface area contributed by atoms with Crippen molar-refractivity contribution in [1.29, 1.82) is 0 Å². The van der Waals surface area contributed by atoms with Crippen LogP contribution in [0.5, 0.6) is 0 Å². The summed E-state index contributed by atoms with van der Waals surface area (Å²) in [7, 11) is 4.10. The Kier molecular flexibility index (Phi) is 5.76. The lowest BCUT2D eigenvalue weighted by Crippen LogP contribution is -2.46. The van der Waals surface area contributed by atoms with E-state index in [0.717, 1.165) is 61.7 Å². The molecule has 4 heterocycles. The number of aliphatic hydroxyl groups is 1. The summed E-state index contributed by atoms with van der Waals surface area (Å²) < 4.78 is 7.74. The van der Waals surface area contributed by atoms with Crippen LogP contribution in [0.15, 0.2) is 57.7 Å². The Hall–Kier alpha value is -2.67. The second-order valence-electron chi connectivity index (χ2n) is 9.50. The standard InChI is InChI=1S/C26H31N3O3/c1-27(2)14-19-5-3-4-6-23(19)24-9-10-25-20-11-18(13-29(25)26(24)31)12-28(15-20)16-21-7-8-22(17-30)32-21/h3-10,18,20,30H,11-17H2,1-2H3/t18-,20-/m1/s1. The Morgan fingerprint density at radius 1 is 1.00 bits per heavy atom. The number of aliphatic hydroxyl groups excluding tert-OH is 1. The molecule has 2 aromatic heterocycles. The number of likely N-dealkylation sites (tertiary alicyclic amines) is 1. The topological polar surface area (TPSA) is 61.9 Å². The Morgan fingerprint density at radius 2 is 1.81 bits per heavy atom. The average Bonchev–Trinajstić information content (AvgIpc) is 3.22. The number of piperidine rings is 1. The zero-order valence-electron chi connectivity index (χ0n) is 18.8. The first-order valence-corrected chi connectivity index (χ1v) is 11.4. The summed E-state index contributed by atoms with van der Waals surface area (Å²) in [6.07, 6.45) is 1.13. The van der Waals surface area contributed by atoms with Crippen LogP contribution in [0.2, 0.25) is 0 Å². The van der Waals surface area contributed by atoms with E-state index in [9.17, 15) is 9.90 Å². The van der Waals surface area contributed by atoms with Crippen molar-refractivity contribution in [1.82, 2.24) is 14.4 Å². The van der Waals surface area contributed by atoms with E-state index in [-0.39, 0.29) is 12.2 Å². The molecule has 32 heavy (non-hydrogen) atoms. The van der Waals surface area contributed by atoms with Crippen molar-refractivity contribution < 1.29 is 9.52 Å². The normalized spacial score (nSPS) is 20.5. The number of rotatable bonds is 6. The number of nitrogens with zero attached hydrogens (tertiary/aromatic N) is 3. The molecular weight excluding hydrogens is 402 g/mol. The minimum atomic E-state index is -0.0679. The van der Waals surface area contributed by atoms with Gasteiger partial charge in [0.05, 0.1) is 6.54 Å². The van der Waals surface area contributed by atoms with Crippen molar-refractivity contribution in [2.45, 2.75) is 38.6 Å². The van der Waals surface area contributed by atoms with E-state index in [1.54, 1.807) is 0 Å². The molecule has 2 bridgehead atoms. The van der Waals surface area contributed by atoms with Gasteiger partial charge in [-0.1, -0.05) is 24.3 Å². The number of aromatic nitrogens is 1. The number of benzene rings is 1. The SMILES string of the molecule is CN(C)Cc1ccccc1-c1ccc2n(c1=O)C[C@@H]1C[C@@H]2CN(Cc2ccc(CO)o2)C1. The number of hydrogen-bond donors (Lipinski definition) is 1. The molecule has 1 N–H and O–H groups in total. The molecule has 1 saturated heterocycles. The van der Waals surface area contributed by atoms with E-state index >= 15 is 0 Å². The summed E-state index contributed by atoms with van der Waals surface area (Å²) in [4.78, 5) is 18.1. The van der Waals surface area contributed by atoms with Crippen LogP contribution >= 0.6 is 0 Å². The lowest BCUT2D eigenvalue weighted by atomic mass is 9.82. The molecule has 0 aliphatic carbocycles. The van der Waals surface area contributed by atoms with Crippen LogP contribution in [0.4, 0.5) is 0 Å². The van der Waals surface area contributed by atoms with Gasteiger partial charge in [0.1, 0.15) is 18.1 Å². The molecule has 1 fully saturated rings. The summed E-state index contributed by atoms with van der Waals surface area (Å²) in [6.45, 7) is 4.13. The maximum Gasteiger partial charge on any atom is 0.258 e. The van der Waals surface area contributed by atoms with Gasteiger partial charge in [0.2, 0.25) is 0 Å². The van der Waals surface area contributed by atoms with Crippen LogP contribution < -0.4 is 5.56 Å². The molecule has 0 saturated carbocycles. The Balaban J connectivity index is 1.42. The molecule has 1 aromatic carbocycles. The Labute approximate surface area is 188 Å². The highest BCUT2D eigenvalue weighted by Crippen LogP contribution is 2.36. The maximum absolute atomic E-state index is 13.6. The van der Waals surface area contributed by atoms with Crippen LogP contribution in [0.3, 0.4) is 0 Å². The second-order valence-corrected chi connectivity index (χ2v) is 9.50. The van der Waals surface area contributed by atoms with Crippen LogP contribution in [0.1, 0.15) is 35.1 Å². The maximum atomic E-state index is 13.6. The number of fused-ring (bicyclic) bond motifs is 4. The van der Waals surface area contributed by atoms with Gasteiger partial charge in [-0.2, -0.15) is 0 Å². The molecule has 0 radical (unpaired) electrons. The number of pyridine rings is 1. The van der Waals surface area contributed by atoms with Crippen molar-refractivity contribution >= 4 is 0 Å². The molecule has 6 nitrogen and oxygen atoms in total. The van der Waals surface area contributed by atoms with Gasteiger partial charge in [-0.15, -0.1) is 0 Å². The van der Waals surface area contributed by atoms with Gasteiger partial charge in [0.25, 0.3) is 5.56 Å². The van der Waals surface area contributed by atoms with Gasteiger partial charge < -0.3 is 19.0 Å². The average molecular weight is 434 g/mol. The molecule has 2 atom stereocenters. The predicted octanol–water partition coefficient (Wildman–Crippen LogP) is 3.28. The van der Waals surface area contributed by atoms with Crippen LogP contribution in [-0.4, -0.2) is 46.7 Å². The summed E-state index contributed by atoms with van der Waals surface area (Å²) in [5, 5.41) is 9.25. The number of hydrogen-bond acceptors (Lipinski definition) is 5. The fourth-order valence-corrected chi connectivity index (χ4v) is 5.45. The molecule has 0 amide bonds. The smallest absolute Gasteiger partial charge is 0.258 e. The fraction of sp³-hybridized carbons (Fsp3) is 0.423. The fourth-order valence-electron chi connectivity index (χ4n) is 5.45. The quantitative estimate of drug-likeness (QED) is 0.647. The molecule has 0 spiro atoms. The molecule has 168 valence electrons. The zero-order chi connectivity index (χ0) is 22.2. The zero-order valence-corrected chi connectivity index (χ0v) is 18.8. The first-order chi connectivity index (χ1) is 15.5. The van der Waals surface area contributed by atoms with Crippen molar-refractivity contribution in [2.75, 3.05) is 27.2 Å². The third-order valence-corrected chi connectivity index (χ3v) is 6.73. The van der Waals surface area contributed by atoms with Gasteiger partial charge in [-0.05, 0) is 61.8 Å². The molecule has 2 aliphatic rings. The van der Waals surface area contributed by atoms with Crippen LogP contribution in [0, 0.1) is 5.92 Å². The van der Waals surface area contributed by atoms with E-state index in [1.165, 1.54) is 5.56 Å². The summed E-state index contributed by atoms with van der Waals surface area (Å²) in [5.74, 6) is 2.31. The van der Waals surface area contributed by atoms with Gasteiger partial charge in [0, 0.05) is 43.4 Å². The van der Waals surface area contributed by atoms with Crippen LogP contribution in [0.25, 0.3) is 11.1 Å². The van der Waals surface area contributed by atoms with Crippen molar-refractivity contribution in [3.8, 4) is 11.1 Å². The lowest BCUT2D eigenvalue weighted by Gasteiger charge is -2.42. The number of furan rings is 1. The highest BCUT2D eigenvalue weighted by Gasteiger charge is 2.35. The summed E-state index contributed by atoms with van der Waals surface area (Å²) >= 11 is 0. The lowest BCUT2D eigenvalue weighted by molar-refractivity contribution is 0.106. The largest absolute Gasteiger partial charge is 0.462 e. The minimum absolute atomic E-state index is 0.0679. The van der Waals surface area contributed by atoms with Crippen molar-refractivity contribution in [3.05, 3.63) is 81.7 Å². The monoisotopic (exact) mass is 433 g/mol. The van der Waals surface area contributed by atoms with E-state index in [2.05, 4.69) is 42.1 Å². The highest BCUT2D eigenvalue weighted by atomic mass is 16.4. The van der Waals surface area contributed by atoms with Crippen molar-refractivity contribution in [2.24, 2.45) is 5.92 Å². The molecule has 3 aromatic rings. The Bertz CT molecular complexity index is 1160. The third-order valence-electron chi connectivity index (χ3n) is 6.73. The van der Waals surface area contributed by atoms with E-state index < -0.39 is 0 Å². The van der Waals surface area contributed by atoms with E-state index in [0.29, 0.717) is 17.6 Å². The Morgan fingerprint density at radius 3 is 2.59 bits per heavy atom. The predicted molar refractivity (Wildman–Crippen MR) is 124 cm³/mol. The summed E-state index contributed by atoms with van der Waals surface area (Å²) in [6, 6.07) is 16.2. The molecule has 2 aliphatic heterocycles. The molecular formula is C26H31N3O3. The summed E-state index contributed by atoms with van der Waals surface area (Å²) in [5.41, 5.74) is 4.31. The van der Waals surface area contributed by atoms with E-state index in [4.69, 9.17) is 4.42 Å². The minimum Gasteiger partial charge on any atom is -0.462 e. The first kappa shape index (κ1) is 21.2. The van der Waals surface area contributed by atoms with Gasteiger partial charge in [0.15, 0.2) is 0 Å². The second kappa shape index (κ2) is 8.70. The highest BCUT2D eigenvalue weighted by molar-refractivity contribution is 5.66. The van der Waals surface area contributed by atoms with E-state index in [1.807, 2.05) is 34.9 Å². The molecule has 5 rings (SSSR count). The third kappa shape index (κ3) is 4.06. The van der Waals surface area contributed by atoms with Crippen LogP contribution in [-0.2, 0) is 26.2 Å². The van der Waals surface area contributed by atoms with Gasteiger partial charge in [-0.25, -0.2) is 0 Å². The molecule has 0 unspecified atom stereocenters.